The van der Waals surface area contributed by atoms with Crippen molar-refractivity contribution < 1.29 is 4.74 Å². The smallest absolute Gasteiger partial charge is 0.124 e. The molecule has 2 unspecified atom stereocenters. The molecule has 94 valence electrons. The van der Waals surface area contributed by atoms with Crippen molar-refractivity contribution >= 4 is 15.9 Å². The van der Waals surface area contributed by atoms with Crippen molar-refractivity contribution in [1.29, 1.82) is 0 Å². The van der Waals surface area contributed by atoms with Crippen LogP contribution in [0.5, 0.6) is 5.75 Å². The number of nitrogens with one attached hydrogen (secondary N) is 1. The molecular formula is C14H20BrNO. The number of fused-ring (bicyclic) bond motifs is 1. The van der Waals surface area contributed by atoms with Gasteiger partial charge in [-0.05, 0) is 31.0 Å². The molecule has 1 heterocycles. The van der Waals surface area contributed by atoms with Crippen LogP contribution in [-0.4, -0.2) is 12.6 Å². The van der Waals surface area contributed by atoms with Crippen molar-refractivity contribution in [2.75, 3.05) is 6.61 Å². The maximum Gasteiger partial charge on any atom is 0.124 e. The first-order valence-electron chi connectivity index (χ1n) is 6.26. The van der Waals surface area contributed by atoms with E-state index in [-0.39, 0.29) is 0 Å². The van der Waals surface area contributed by atoms with Crippen LogP contribution >= 0.6 is 15.9 Å². The van der Waals surface area contributed by atoms with Gasteiger partial charge >= 0.3 is 0 Å². The molecule has 0 bridgehead atoms. The first-order chi connectivity index (χ1) is 8.08. The van der Waals surface area contributed by atoms with E-state index in [2.05, 4.69) is 48.1 Å². The molecule has 0 amide bonds. The Kier molecular flexibility index (Phi) is 4.10. The number of benzene rings is 1. The summed E-state index contributed by atoms with van der Waals surface area (Å²) in [5.41, 5.74) is 1.28. The maximum atomic E-state index is 5.69. The van der Waals surface area contributed by atoms with E-state index in [9.17, 15) is 0 Å². The van der Waals surface area contributed by atoms with E-state index in [4.69, 9.17) is 4.74 Å². The lowest BCUT2D eigenvalue weighted by atomic mass is 9.97. The average molecular weight is 298 g/mol. The van der Waals surface area contributed by atoms with Crippen LogP contribution in [0.15, 0.2) is 22.7 Å². The standard InChI is InChI=1S/C14H20BrNO/c1-9(2)10(3)16-13-6-7-17-14-5-4-11(15)8-12(13)14/h4-5,8-10,13,16H,6-7H2,1-3H3. The lowest BCUT2D eigenvalue weighted by Crippen LogP contribution is -2.36. The van der Waals surface area contributed by atoms with Gasteiger partial charge in [0.1, 0.15) is 5.75 Å². The van der Waals surface area contributed by atoms with E-state index >= 15 is 0 Å². The number of halogens is 1. The Labute approximate surface area is 112 Å². The highest BCUT2D eigenvalue weighted by molar-refractivity contribution is 9.10. The summed E-state index contributed by atoms with van der Waals surface area (Å²) in [6.45, 7) is 7.55. The van der Waals surface area contributed by atoms with Gasteiger partial charge in [-0.25, -0.2) is 0 Å². The second-order valence-corrected chi connectivity index (χ2v) is 5.99. The third kappa shape index (κ3) is 3.02. The van der Waals surface area contributed by atoms with Gasteiger partial charge in [-0.3, -0.25) is 0 Å². The second-order valence-electron chi connectivity index (χ2n) is 5.07. The number of rotatable bonds is 3. The molecule has 1 aliphatic rings. The molecule has 2 atom stereocenters. The van der Waals surface area contributed by atoms with Crippen LogP contribution in [0, 0.1) is 5.92 Å². The lowest BCUT2D eigenvalue weighted by Gasteiger charge is -2.30. The van der Waals surface area contributed by atoms with Crippen LogP contribution in [0.2, 0.25) is 0 Å². The van der Waals surface area contributed by atoms with E-state index in [1.807, 2.05) is 12.1 Å². The van der Waals surface area contributed by atoms with E-state index in [1.54, 1.807) is 0 Å². The molecule has 0 aromatic heterocycles. The molecule has 0 spiro atoms. The van der Waals surface area contributed by atoms with E-state index in [1.165, 1.54) is 5.56 Å². The lowest BCUT2D eigenvalue weighted by molar-refractivity contribution is 0.237. The Morgan fingerprint density at radius 1 is 1.35 bits per heavy atom. The summed E-state index contributed by atoms with van der Waals surface area (Å²) in [6.07, 6.45) is 1.04. The molecule has 0 saturated heterocycles. The molecule has 0 radical (unpaired) electrons. The predicted octanol–water partition coefficient (Wildman–Crippen LogP) is 3.91. The van der Waals surface area contributed by atoms with Crippen molar-refractivity contribution in [1.82, 2.24) is 5.32 Å². The minimum Gasteiger partial charge on any atom is -0.493 e. The Morgan fingerprint density at radius 2 is 2.12 bits per heavy atom. The molecule has 2 rings (SSSR count). The van der Waals surface area contributed by atoms with E-state index < -0.39 is 0 Å². The molecule has 1 aromatic rings. The van der Waals surface area contributed by atoms with Crippen LogP contribution in [0.1, 0.15) is 38.8 Å². The minimum absolute atomic E-state index is 0.411. The summed E-state index contributed by atoms with van der Waals surface area (Å²) in [5.74, 6) is 1.67. The van der Waals surface area contributed by atoms with Crippen molar-refractivity contribution in [3.05, 3.63) is 28.2 Å². The highest BCUT2D eigenvalue weighted by Crippen LogP contribution is 2.34. The molecule has 1 aliphatic heterocycles. The SMILES string of the molecule is CC(C)C(C)NC1CCOc2ccc(Br)cc21. The average Bonchev–Trinajstić information content (AvgIpc) is 2.29. The molecule has 0 saturated carbocycles. The fraction of sp³-hybridized carbons (Fsp3) is 0.571. The van der Waals surface area contributed by atoms with Crippen LogP contribution in [-0.2, 0) is 0 Å². The third-order valence-corrected chi connectivity index (χ3v) is 3.97. The summed E-state index contributed by atoms with van der Waals surface area (Å²) in [6, 6.07) is 7.18. The molecule has 0 aliphatic carbocycles. The van der Waals surface area contributed by atoms with Crippen LogP contribution in [0.4, 0.5) is 0 Å². The van der Waals surface area contributed by atoms with Gasteiger partial charge in [-0.1, -0.05) is 29.8 Å². The summed E-state index contributed by atoms with van der Waals surface area (Å²) < 4.78 is 6.81. The third-order valence-electron chi connectivity index (χ3n) is 3.48. The number of ether oxygens (including phenoxy) is 1. The summed E-state index contributed by atoms with van der Waals surface area (Å²) in [7, 11) is 0. The van der Waals surface area contributed by atoms with Crippen molar-refractivity contribution in [3.8, 4) is 5.75 Å². The topological polar surface area (TPSA) is 21.3 Å². The largest absolute Gasteiger partial charge is 0.493 e. The maximum absolute atomic E-state index is 5.69. The van der Waals surface area contributed by atoms with Gasteiger partial charge in [0.25, 0.3) is 0 Å². The molecule has 2 nitrogen and oxygen atoms in total. The Hall–Kier alpha value is -0.540. The van der Waals surface area contributed by atoms with Crippen molar-refractivity contribution in [2.24, 2.45) is 5.92 Å². The predicted molar refractivity (Wildman–Crippen MR) is 74.4 cm³/mol. The Balaban J connectivity index is 2.19. The van der Waals surface area contributed by atoms with Crippen LogP contribution in [0.3, 0.4) is 0 Å². The van der Waals surface area contributed by atoms with E-state index in [0.29, 0.717) is 18.0 Å². The molecule has 3 heteroatoms. The zero-order valence-electron chi connectivity index (χ0n) is 10.7. The quantitative estimate of drug-likeness (QED) is 0.913. The van der Waals surface area contributed by atoms with Crippen molar-refractivity contribution in [2.45, 2.75) is 39.3 Å². The van der Waals surface area contributed by atoms with E-state index in [0.717, 1.165) is 23.2 Å². The fourth-order valence-electron chi connectivity index (χ4n) is 2.05. The second kappa shape index (κ2) is 5.40. The Bertz CT molecular complexity index is 392. The zero-order chi connectivity index (χ0) is 12.4. The van der Waals surface area contributed by atoms with Crippen LogP contribution < -0.4 is 10.1 Å². The minimum atomic E-state index is 0.411. The first-order valence-corrected chi connectivity index (χ1v) is 7.05. The van der Waals surface area contributed by atoms with Gasteiger partial charge < -0.3 is 10.1 Å². The summed E-state index contributed by atoms with van der Waals surface area (Å²) >= 11 is 3.53. The molecule has 1 aromatic carbocycles. The van der Waals surface area contributed by atoms with Gasteiger partial charge in [-0.15, -0.1) is 0 Å². The van der Waals surface area contributed by atoms with Crippen LogP contribution in [0.25, 0.3) is 0 Å². The van der Waals surface area contributed by atoms with Gasteiger partial charge in [0.15, 0.2) is 0 Å². The number of hydrogen-bond donors (Lipinski definition) is 1. The van der Waals surface area contributed by atoms with Gasteiger partial charge in [0, 0.05) is 28.5 Å². The molecule has 0 fully saturated rings. The van der Waals surface area contributed by atoms with Gasteiger partial charge in [-0.2, -0.15) is 0 Å². The molecular weight excluding hydrogens is 278 g/mol. The first kappa shape index (κ1) is 12.9. The normalized spacial score (nSPS) is 20.9. The summed E-state index contributed by atoms with van der Waals surface area (Å²) in [4.78, 5) is 0. The Morgan fingerprint density at radius 3 is 2.82 bits per heavy atom. The summed E-state index contributed by atoms with van der Waals surface area (Å²) in [5, 5.41) is 3.70. The van der Waals surface area contributed by atoms with Crippen molar-refractivity contribution in [3.63, 3.8) is 0 Å². The molecule has 17 heavy (non-hydrogen) atoms. The van der Waals surface area contributed by atoms with Gasteiger partial charge in [0.05, 0.1) is 6.61 Å². The monoisotopic (exact) mass is 297 g/mol. The highest BCUT2D eigenvalue weighted by atomic mass is 79.9. The zero-order valence-corrected chi connectivity index (χ0v) is 12.3. The number of hydrogen-bond acceptors (Lipinski definition) is 2. The highest BCUT2D eigenvalue weighted by Gasteiger charge is 2.23. The molecule has 1 N–H and O–H groups in total. The fourth-order valence-corrected chi connectivity index (χ4v) is 2.43. The van der Waals surface area contributed by atoms with Gasteiger partial charge in [0.2, 0.25) is 0 Å².